The zero-order valence-corrected chi connectivity index (χ0v) is 12.9. The number of rotatable bonds is 3. The Bertz CT molecular complexity index is 590. The monoisotopic (exact) mass is 291 g/mol. The van der Waals surface area contributed by atoms with Crippen molar-refractivity contribution in [3.63, 3.8) is 0 Å². The number of thiophene rings is 1. The maximum atomic E-state index is 6.00. The van der Waals surface area contributed by atoms with Gasteiger partial charge in [0, 0.05) is 10.8 Å². The maximum Gasteiger partial charge on any atom is 0.260 e. The minimum absolute atomic E-state index is 0.451. The average Bonchev–Trinajstić information content (AvgIpc) is 3.05. The Morgan fingerprint density at radius 1 is 1.45 bits per heavy atom. The molecule has 3 rings (SSSR count). The van der Waals surface area contributed by atoms with E-state index >= 15 is 0 Å². The smallest absolute Gasteiger partial charge is 0.260 e. The lowest BCUT2D eigenvalue weighted by atomic mass is 9.80. The van der Waals surface area contributed by atoms with Crippen LogP contribution in [0, 0.1) is 12.8 Å². The van der Waals surface area contributed by atoms with Crippen molar-refractivity contribution in [2.45, 2.75) is 51.9 Å². The van der Waals surface area contributed by atoms with Gasteiger partial charge in [0.05, 0.1) is 10.6 Å². The average molecular weight is 291 g/mol. The Balaban J connectivity index is 1.81. The molecule has 20 heavy (non-hydrogen) atoms. The molecule has 0 amide bonds. The first-order valence-electron chi connectivity index (χ1n) is 7.37. The van der Waals surface area contributed by atoms with Crippen LogP contribution >= 0.6 is 11.3 Å². The number of nitrogens with two attached hydrogens (primary N) is 1. The third-order valence-corrected chi connectivity index (χ3v) is 5.16. The van der Waals surface area contributed by atoms with Crippen molar-refractivity contribution >= 4 is 16.3 Å². The predicted molar refractivity (Wildman–Crippen MR) is 81.8 cm³/mol. The topological polar surface area (TPSA) is 64.9 Å². The van der Waals surface area contributed by atoms with Crippen LogP contribution in [0.25, 0.3) is 11.5 Å². The van der Waals surface area contributed by atoms with Crippen LogP contribution in [0.4, 0.5) is 5.00 Å². The van der Waals surface area contributed by atoms with Crippen LogP contribution < -0.4 is 5.73 Å². The molecule has 2 N–H and O–H groups in total. The van der Waals surface area contributed by atoms with Crippen molar-refractivity contribution in [2.75, 3.05) is 5.73 Å². The summed E-state index contributed by atoms with van der Waals surface area (Å²) in [5, 5.41) is 4.96. The summed E-state index contributed by atoms with van der Waals surface area (Å²) in [6, 6.07) is 2.02. The predicted octanol–water partition coefficient (Wildman–Crippen LogP) is 4.37. The Hall–Kier alpha value is -1.36. The van der Waals surface area contributed by atoms with Crippen molar-refractivity contribution in [3.05, 3.63) is 16.8 Å². The summed E-state index contributed by atoms with van der Waals surface area (Å²) in [5.74, 6) is 2.69. The van der Waals surface area contributed by atoms with E-state index in [1.165, 1.54) is 37.0 Å². The highest BCUT2D eigenvalue weighted by Crippen LogP contribution is 2.38. The molecule has 0 aliphatic heterocycles. The zero-order chi connectivity index (χ0) is 14.1. The molecule has 2 heterocycles. The molecule has 0 saturated heterocycles. The van der Waals surface area contributed by atoms with Gasteiger partial charge in [0.15, 0.2) is 5.82 Å². The lowest BCUT2D eigenvalue weighted by molar-refractivity contribution is 0.300. The first-order chi connectivity index (χ1) is 9.67. The molecular formula is C15H21N3OS. The molecule has 2 unspecified atom stereocenters. The van der Waals surface area contributed by atoms with E-state index < -0.39 is 0 Å². The van der Waals surface area contributed by atoms with Gasteiger partial charge in [-0.3, -0.25) is 0 Å². The molecule has 0 aromatic carbocycles. The van der Waals surface area contributed by atoms with Gasteiger partial charge in [-0.15, -0.1) is 11.3 Å². The Morgan fingerprint density at radius 2 is 2.30 bits per heavy atom. The summed E-state index contributed by atoms with van der Waals surface area (Å²) in [4.78, 5) is 5.76. The molecular weight excluding hydrogens is 270 g/mol. The number of aryl methyl sites for hydroxylation is 1. The van der Waals surface area contributed by atoms with E-state index in [2.05, 4.69) is 17.1 Å². The van der Waals surface area contributed by atoms with Crippen LogP contribution in [0.1, 0.15) is 55.6 Å². The normalized spacial score (nSPS) is 23.1. The van der Waals surface area contributed by atoms with Crippen molar-refractivity contribution in [2.24, 2.45) is 5.92 Å². The minimum Gasteiger partial charge on any atom is -0.390 e. The molecule has 2 aromatic heterocycles. The highest BCUT2D eigenvalue weighted by atomic mass is 32.1. The summed E-state index contributed by atoms with van der Waals surface area (Å²) < 4.78 is 5.43. The Kier molecular flexibility index (Phi) is 3.78. The van der Waals surface area contributed by atoms with Crippen LogP contribution in [0.5, 0.6) is 0 Å². The van der Waals surface area contributed by atoms with Crippen molar-refractivity contribution in [1.29, 1.82) is 0 Å². The molecule has 4 nitrogen and oxygen atoms in total. The minimum atomic E-state index is 0.451. The number of nitrogen functional groups attached to an aromatic ring is 1. The van der Waals surface area contributed by atoms with E-state index in [9.17, 15) is 0 Å². The third kappa shape index (κ3) is 2.59. The second-order valence-corrected chi connectivity index (χ2v) is 7.02. The van der Waals surface area contributed by atoms with Crippen LogP contribution in [-0.2, 0) is 0 Å². The highest BCUT2D eigenvalue weighted by Gasteiger charge is 2.26. The van der Waals surface area contributed by atoms with Crippen molar-refractivity contribution < 1.29 is 4.52 Å². The second kappa shape index (κ2) is 5.56. The van der Waals surface area contributed by atoms with Crippen LogP contribution in [0.15, 0.2) is 10.6 Å². The summed E-state index contributed by atoms with van der Waals surface area (Å²) in [5.41, 5.74) is 6.88. The van der Waals surface area contributed by atoms with Crippen molar-refractivity contribution in [1.82, 2.24) is 10.1 Å². The van der Waals surface area contributed by atoms with Gasteiger partial charge in [-0.05, 0) is 31.7 Å². The fourth-order valence-corrected chi connectivity index (χ4v) is 3.89. The third-order valence-electron chi connectivity index (χ3n) is 4.28. The van der Waals surface area contributed by atoms with Crippen LogP contribution in [0.3, 0.4) is 0 Å². The van der Waals surface area contributed by atoms with E-state index in [0.717, 1.165) is 22.3 Å². The highest BCUT2D eigenvalue weighted by molar-refractivity contribution is 7.16. The standard InChI is InChI=1S/C15H21N3OS/c1-3-10-5-4-6-11(8-10)14-17-15(19-18-14)12-7-9(2)20-13(12)16/h7,10-11H,3-6,8,16H2,1-2H3. The van der Waals surface area contributed by atoms with E-state index in [1.54, 1.807) is 11.3 Å². The summed E-state index contributed by atoms with van der Waals surface area (Å²) in [6.45, 7) is 4.30. The van der Waals surface area contributed by atoms with Gasteiger partial charge in [-0.1, -0.05) is 31.3 Å². The van der Waals surface area contributed by atoms with Gasteiger partial charge in [0.1, 0.15) is 0 Å². The van der Waals surface area contributed by atoms with Gasteiger partial charge < -0.3 is 10.3 Å². The summed E-state index contributed by atoms with van der Waals surface area (Å²) in [7, 11) is 0. The first kappa shape index (κ1) is 13.6. The largest absolute Gasteiger partial charge is 0.390 e. The number of hydrogen-bond donors (Lipinski definition) is 1. The van der Waals surface area contributed by atoms with E-state index in [4.69, 9.17) is 10.3 Å². The number of nitrogens with zero attached hydrogens (tertiary/aromatic N) is 2. The quantitative estimate of drug-likeness (QED) is 0.911. The lowest BCUT2D eigenvalue weighted by Crippen LogP contribution is -2.14. The molecule has 0 spiro atoms. The lowest BCUT2D eigenvalue weighted by Gasteiger charge is -2.26. The second-order valence-electron chi connectivity index (χ2n) is 5.73. The molecule has 1 aliphatic rings. The van der Waals surface area contributed by atoms with Gasteiger partial charge in [0.25, 0.3) is 5.89 Å². The molecule has 2 atom stereocenters. The van der Waals surface area contributed by atoms with Gasteiger partial charge >= 0.3 is 0 Å². The number of anilines is 1. The maximum absolute atomic E-state index is 6.00. The van der Waals surface area contributed by atoms with E-state index in [1.807, 2.05) is 13.0 Å². The van der Waals surface area contributed by atoms with Gasteiger partial charge in [0.2, 0.25) is 0 Å². The fourth-order valence-electron chi connectivity index (χ4n) is 3.11. The number of aromatic nitrogens is 2. The Labute approximate surface area is 123 Å². The van der Waals surface area contributed by atoms with Gasteiger partial charge in [-0.25, -0.2) is 0 Å². The summed E-state index contributed by atoms with van der Waals surface area (Å²) in [6.07, 6.45) is 6.22. The van der Waals surface area contributed by atoms with E-state index in [0.29, 0.717) is 11.8 Å². The van der Waals surface area contributed by atoms with Gasteiger partial charge in [-0.2, -0.15) is 4.98 Å². The number of hydrogen-bond acceptors (Lipinski definition) is 5. The zero-order valence-electron chi connectivity index (χ0n) is 12.1. The molecule has 5 heteroatoms. The SMILES string of the molecule is CCC1CCCC(c2noc(-c3cc(C)sc3N)n2)C1. The first-order valence-corrected chi connectivity index (χ1v) is 8.19. The molecule has 1 fully saturated rings. The van der Waals surface area contributed by atoms with Crippen LogP contribution in [0.2, 0.25) is 0 Å². The van der Waals surface area contributed by atoms with Crippen molar-refractivity contribution in [3.8, 4) is 11.5 Å². The molecule has 0 radical (unpaired) electrons. The van der Waals surface area contributed by atoms with Crippen LogP contribution in [-0.4, -0.2) is 10.1 Å². The molecule has 2 aromatic rings. The van der Waals surface area contributed by atoms with E-state index in [-0.39, 0.29) is 0 Å². The summed E-state index contributed by atoms with van der Waals surface area (Å²) >= 11 is 1.56. The molecule has 1 saturated carbocycles. The molecule has 108 valence electrons. The Morgan fingerprint density at radius 3 is 3.00 bits per heavy atom. The fraction of sp³-hybridized carbons (Fsp3) is 0.600. The molecule has 1 aliphatic carbocycles. The molecule has 0 bridgehead atoms.